The Hall–Kier alpha value is -4.44. The first-order chi connectivity index (χ1) is 22.6. The van der Waals surface area contributed by atoms with E-state index in [1.54, 1.807) is 40.0 Å². The number of ether oxygens (including phenoxy) is 4. The molecule has 3 atom stereocenters. The number of benzene rings is 4. The van der Waals surface area contributed by atoms with Crippen LogP contribution in [0.3, 0.4) is 0 Å². The summed E-state index contributed by atoms with van der Waals surface area (Å²) in [6.45, 7) is 7.15. The second-order valence-electron chi connectivity index (χ2n) is 12.9. The first-order valence-electron chi connectivity index (χ1n) is 15.9. The summed E-state index contributed by atoms with van der Waals surface area (Å²) in [5.74, 6) is -0.115. The largest absolute Gasteiger partial charge is 0.528 e. The summed E-state index contributed by atoms with van der Waals surface area (Å²) in [5, 5.41) is 3.93. The van der Waals surface area contributed by atoms with Crippen LogP contribution in [0.15, 0.2) is 97.1 Å². The molecule has 1 saturated heterocycles. The van der Waals surface area contributed by atoms with Gasteiger partial charge in [0.25, 0.3) is 0 Å². The summed E-state index contributed by atoms with van der Waals surface area (Å²) in [5.41, 5.74) is 3.05. The fourth-order valence-electron chi connectivity index (χ4n) is 5.90. The fourth-order valence-corrected chi connectivity index (χ4v) is 5.90. The van der Waals surface area contributed by atoms with Gasteiger partial charge in [-0.15, -0.1) is 5.06 Å². The van der Waals surface area contributed by atoms with Crippen LogP contribution >= 0.6 is 0 Å². The van der Waals surface area contributed by atoms with E-state index in [1.807, 2.05) is 66.7 Å². The van der Waals surface area contributed by atoms with Crippen molar-refractivity contribution in [2.45, 2.75) is 51.6 Å². The van der Waals surface area contributed by atoms with Crippen LogP contribution in [0.2, 0.25) is 0 Å². The van der Waals surface area contributed by atoms with Crippen molar-refractivity contribution in [2.75, 3.05) is 38.8 Å². The number of methoxy groups -OCH3 is 1. The van der Waals surface area contributed by atoms with Crippen molar-refractivity contribution in [3.05, 3.63) is 114 Å². The van der Waals surface area contributed by atoms with Crippen molar-refractivity contribution in [3.63, 3.8) is 0 Å². The Labute approximate surface area is 276 Å². The molecule has 0 N–H and O–H groups in total. The predicted octanol–water partition coefficient (Wildman–Crippen LogP) is 7.73. The zero-order valence-electron chi connectivity index (χ0n) is 27.8. The van der Waals surface area contributed by atoms with Crippen molar-refractivity contribution in [2.24, 2.45) is 5.92 Å². The van der Waals surface area contributed by atoms with Crippen molar-refractivity contribution in [1.29, 1.82) is 0 Å². The normalized spacial score (nSPS) is 18.4. The lowest BCUT2D eigenvalue weighted by atomic mass is 9.79. The van der Waals surface area contributed by atoms with Crippen LogP contribution in [0.4, 0.5) is 15.3 Å². The topological polar surface area (TPSA) is 86.8 Å². The van der Waals surface area contributed by atoms with Gasteiger partial charge in [0.15, 0.2) is 0 Å². The van der Waals surface area contributed by atoms with Gasteiger partial charge < -0.3 is 23.8 Å². The minimum atomic E-state index is -0.753. The molecular weight excluding hydrogens is 596 g/mol. The lowest BCUT2D eigenvalue weighted by Gasteiger charge is -2.42. The third kappa shape index (κ3) is 9.32. The van der Waals surface area contributed by atoms with Gasteiger partial charge in [0.05, 0.1) is 25.9 Å². The minimum absolute atomic E-state index is 0.0546. The highest BCUT2D eigenvalue weighted by atomic mass is 16.8. The number of anilines is 1. The maximum absolute atomic E-state index is 12.7. The Balaban J connectivity index is 1.33. The van der Waals surface area contributed by atoms with Gasteiger partial charge >= 0.3 is 12.2 Å². The molecule has 1 fully saturated rings. The first kappa shape index (κ1) is 33.9. The van der Waals surface area contributed by atoms with Crippen LogP contribution < -0.4 is 4.90 Å². The number of hydroxylamine groups is 2. The number of hydrogen-bond donors (Lipinski definition) is 0. The van der Waals surface area contributed by atoms with E-state index in [1.165, 1.54) is 10.3 Å². The monoisotopic (exact) mass is 640 g/mol. The molecule has 9 heteroatoms. The Morgan fingerprint density at radius 1 is 0.830 bits per heavy atom. The van der Waals surface area contributed by atoms with Crippen LogP contribution in [-0.4, -0.2) is 62.9 Å². The second-order valence-corrected chi connectivity index (χ2v) is 12.9. The highest BCUT2D eigenvalue weighted by molar-refractivity contribution is 5.86. The van der Waals surface area contributed by atoms with Gasteiger partial charge in [0, 0.05) is 38.2 Å². The first-order valence-corrected chi connectivity index (χ1v) is 15.9. The van der Waals surface area contributed by atoms with Crippen LogP contribution in [0, 0.1) is 5.92 Å². The highest BCUT2D eigenvalue weighted by Crippen LogP contribution is 2.36. The molecular formula is C38H44N2O7. The summed E-state index contributed by atoms with van der Waals surface area (Å²) in [6, 6.07) is 32.0. The molecule has 0 bridgehead atoms. The minimum Gasteiger partial charge on any atom is -0.444 e. The van der Waals surface area contributed by atoms with Crippen LogP contribution in [0.5, 0.6) is 0 Å². The molecule has 0 radical (unpaired) electrons. The zero-order chi connectivity index (χ0) is 33.4. The highest BCUT2D eigenvalue weighted by Gasteiger charge is 2.40. The standard InChI is InChI=1S/C38H44N2O7/c1-38(2,3)46-37(42)47-40-22-32(26-43-5)35(34(23-40)44-25-28-17-18-29-11-9-10-12-31(29)21-28)30-19-15-27(16-20-30)24-45-36(41)39(4)33-13-7-6-8-14-33/h6-21,32,34-35H,22-26H2,1-5H3. The molecule has 0 saturated carbocycles. The van der Waals surface area contributed by atoms with Crippen molar-refractivity contribution in [3.8, 4) is 0 Å². The molecule has 1 heterocycles. The van der Waals surface area contributed by atoms with E-state index in [4.69, 9.17) is 23.8 Å². The van der Waals surface area contributed by atoms with Gasteiger partial charge in [-0.25, -0.2) is 9.59 Å². The van der Waals surface area contributed by atoms with Gasteiger partial charge in [-0.1, -0.05) is 78.9 Å². The maximum Gasteiger partial charge on any atom is 0.528 e. The Morgan fingerprint density at radius 3 is 2.21 bits per heavy atom. The van der Waals surface area contributed by atoms with Gasteiger partial charge in [0.2, 0.25) is 0 Å². The van der Waals surface area contributed by atoms with Crippen molar-refractivity contribution in [1.82, 2.24) is 5.06 Å². The number of nitrogens with zero attached hydrogens (tertiary/aromatic N) is 2. The number of amides is 1. The van der Waals surface area contributed by atoms with Crippen molar-refractivity contribution < 1.29 is 33.4 Å². The third-order valence-corrected chi connectivity index (χ3v) is 8.13. The van der Waals surface area contributed by atoms with Crippen LogP contribution in [-0.2, 0) is 37.0 Å². The Morgan fingerprint density at radius 2 is 1.51 bits per heavy atom. The number of carbonyl (C=O) groups excluding carboxylic acids is 2. The van der Waals surface area contributed by atoms with Gasteiger partial charge in [0.1, 0.15) is 12.2 Å². The fraction of sp³-hybridized carbons (Fsp3) is 0.368. The third-order valence-electron chi connectivity index (χ3n) is 8.13. The number of piperidine rings is 1. The van der Waals surface area contributed by atoms with E-state index in [0.717, 1.165) is 27.8 Å². The lowest BCUT2D eigenvalue weighted by molar-refractivity contribution is -0.195. The van der Waals surface area contributed by atoms with Gasteiger partial charge in [-0.2, -0.15) is 0 Å². The van der Waals surface area contributed by atoms with E-state index in [9.17, 15) is 9.59 Å². The van der Waals surface area contributed by atoms with E-state index < -0.39 is 17.8 Å². The van der Waals surface area contributed by atoms with E-state index in [2.05, 4.69) is 30.3 Å². The zero-order valence-corrected chi connectivity index (χ0v) is 27.8. The smallest absolute Gasteiger partial charge is 0.444 e. The lowest BCUT2D eigenvalue weighted by Crippen LogP contribution is -2.51. The predicted molar refractivity (Wildman–Crippen MR) is 181 cm³/mol. The molecule has 9 nitrogen and oxygen atoms in total. The SMILES string of the molecule is COCC1CN(OC(=O)OC(C)(C)C)CC(OCc2ccc3ccccc3c2)C1c1ccc(COC(=O)N(C)c2ccccc2)cc1. The Bertz CT molecular complexity index is 1620. The molecule has 3 unspecified atom stereocenters. The summed E-state index contributed by atoms with van der Waals surface area (Å²) in [4.78, 5) is 32.4. The molecule has 0 spiro atoms. The summed E-state index contributed by atoms with van der Waals surface area (Å²) in [6.07, 6.45) is -1.52. The van der Waals surface area contributed by atoms with Crippen LogP contribution in [0.25, 0.3) is 10.8 Å². The summed E-state index contributed by atoms with van der Waals surface area (Å²) in [7, 11) is 3.35. The molecule has 47 heavy (non-hydrogen) atoms. The molecule has 1 aliphatic heterocycles. The average molecular weight is 641 g/mol. The quantitative estimate of drug-likeness (QED) is 0.163. The van der Waals surface area contributed by atoms with Crippen LogP contribution in [0.1, 0.15) is 43.4 Å². The Kier molecular flexibility index (Phi) is 11.1. The summed E-state index contributed by atoms with van der Waals surface area (Å²) < 4.78 is 23.3. The number of para-hydroxylation sites is 1. The number of hydrogen-bond acceptors (Lipinski definition) is 8. The van der Waals surface area contributed by atoms with Crippen molar-refractivity contribution >= 4 is 28.7 Å². The maximum atomic E-state index is 12.7. The van der Waals surface area contributed by atoms with E-state index in [-0.39, 0.29) is 24.5 Å². The van der Waals surface area contributed by atoms with E-state index in [0.29, 0.717) is 26.3 Å². The average Bonchev–Trinajstić information content (AvgIpc) is 3.05. The molecule has 248 valence electrons. The van der Waals surface area contributed by atoms with Gasteiger partial charge in [-0.3, -0.25) is 4.90 Å². The summed E-state index contributed by atoms with van der Waals surface area (Å²) >= 11 is 0. The van der Waals surface area contributed by atoms with E-state index >= 15 is 0 Å². The molecule has 5 rings (SSSR count). The number of carbonyl (C=O) groups is 2. The van der Waals surface area contributed by atoms with Gasteiger partial charge in [-0.05, 0) is 66.4 Å². The molecule has 1 amide bonds. The number of rotatable bonds is 10. The molecule has 4 aromatic carbocycles. The molecule has 1 aliphatic rings. The number of fused-ring (bicyclic) bond motifs is 1. The molecule has 4 aromatic rings. The second kappa shape index (κ2) is 15.4. The molecule has 0 aromatic heterocycles. The molecule has 0 aliphatic carbocycles.